The number of allylic oxidation sites excluding steroid dienone is 3. The van der Waals surface area contributed by atoms with Gasteiger partial charge in [-0.15, -0.1) is 0 Å². The second-order valence-corrected chi connectivity index (χ2v) is 6.67. The zero-order chi connectivity index (χ0) is 17.8. The summed E-state index contributed by atoms with van der Waals surface area (Å²) in [6.07, 6.45) is 4.06. The molecule has 0 saturated carbocycles. The fraction of sp³-hybridized carbons (Fsp3) is 0.429. The van der Waals surface area contributed by atoms with Gasteiger partial charge in [0.15, 0.2) is 5.78 Å². The van der Waals surface area contributed by atoms with Crippen LogP contribution in [0.2, 0.25) is 0 Å². The van der Waals surface area contributed by atoms with Crippen molar-refractivity contribution in [1.29, 1.82) is 0 Å². The SMILES string of the molecule is CCCCOC(=O)C1=C(C)NC2=C(C(=O)CCC2)C1c1ccccc1. The standard InChI is InChI=1S/C21H25NO3/c1-3-4-13-25-21(24)18-14(2)22-16-11-8-12-17(23)20(16)19(18)15-9-6-5-7-10-15/h5-7,9-10,19,22H,3-4,8,11-13H2,1-2H3. The largest absolute Gasteiger partial charge is 0.462 e. The van der Waals surface area contributed by atoms with Gasteiger partial charge in [-0.25, -0.2) is 4.79 Å². The summed E-state index contributed by atoms with van der Waals surface area (Å²) in [5.41, 5.74) is 4.03. The van der Waals surface area contributed by atoms with E-state index in [0.29, 0.717) is 18.6 Å². The average Bonchev–Trinajstić information content (AvgIpc) is 2.61. The number of hydrogen-bond acceptors (Lipinski definition) is 4. The first-order chi connectivity index (χ1) is 12.1. The van der Waals surface area contributed by atoms with Gasteiger partial charge in [-0.05, 0) is 31.7 Å². The predicted molar refractivity (Wildman–Crippen MR) is 96.8 cm³/mol. The minimum atomic E-state index is -0.334. The summed E-state index contributed by atoms with van der Waals surface area (Å²) in [6, 6.07) is 9.79. The molecular formula is C21H25NO3. The van der Waals surface area contributed by atoms with Crippen molar-refractivity contribution in [3.05, 3.63) is 58.4 Å². The zero-order valence-electron chi connectivity index (χ0n) is 14.9. The Labute approximate surface area is 149 Å². The molecule has 1 unspecified atom stereocenters. The highest BCUT2D eigenvalue weighted by Gasteiger charge is 2.38. The summed E-state index contributed by atoms with van der Waals surface area (Å²) in [4.78, 5) is 25.5. The van der Waals surface area contributed by atoms with E-state index in [1.54, 1.807) is 0 Å². The molecule has 0 saturated heterocycles. The number of carbonyl (C=O) groups is 2. The molecule has 3 rings (SSSR count). The summed E-state index contributed by atoms with van der Waals surface area (Å²) in [5, 5.41) is 3.31. The molecule has 25 heavy (non-hydrogen) atoms. The van der Waals surface area contributed by atoms with Gasteiger partial charge in [0.1, 0.15) is 0 Å². The van der Waals surface area contributed by atoms with Gasteiger partial charge in [0.2, 0.25) is 0 Å². The van der Waals surface area contributed by atoms with Crippen LogP contribution in [-0.4, -0.2) is 18.4 Å². The van der Waals surface area contributed by atoms with Crippen LogP contribution in [0, 0.1) is 0 Å². The first-order valence-electron chi connectivity index (χ1n) is 9.09. The van der Waals surface area contributed by atoms with Gasteiger partial charge in [0, 0.05) is 29.3 Å². The second kappa shape index (κ2) is 7.68. The number of rotatable bonds is 5. The molecule has 1 aromatic carbocycles. The number of esters is 1. The van der Waals surface area contributed by atoms with Crippen LogP contribution in [0.5, 0.6) is 0 Å². The monoisotopic (exact) mass is 339 g/mol. The molecule has 1 atom stereocenters. The molecule has 4 nitrogen and oxygen atoms in total. The maximum absolute atomic E-state index is 12.8. The molecule has 1 aliphatic heterocycles. The van der Waals surface area contributed by atoms with Crippen molar-refractivity contribution in [2.75, 3.05) is 6.61 Å². The molecule has 0 radical (unpaired) electrons. The molecule has 0 spiro atoms. The Hall–Kier alpha value is -2.36. The van der Waals surface area contributed by atoms with E-state index in [1.807, 2.05) is 37.3 Å². The number of nitrogens with one attached hydrogen (secondary N) is 1. The Bertz CT molecular complexity index is 731. The van der Waals surface area contributed by atoms with Gasteiger partial charge in [-0.1, -0.05) is 43.7 Å². The molecular weight excluding hydrogens is 314 g/mol. The number of dihydropyridines is 1. The van der Waals surface area contributed by atoms with Crippen LogP contribution >= 0.6 is 0 Å². The van der Waals surface area contributed by atoms with Crippen molar-refractivity contribution in [2.24, 2.45) is 0 Å². The first-order valence-corrected chi connectivity index (χ1v) is 9.09. The maximum atomic E-state index is 12.8. The molecule has 4 heteroatoms. The maximum Gasteiger partial charge on any atom is 0.336 e. The summed E-state index contributed by atoms with van der Waals surface area (Å²) in [5.74, 6) is -0.523. The minimum absolute atomic E-state index is 0.133. The van der Waals surface area contributed by atoms with E-state index in [2.05, 4.69) is 12.2 Å². The van der Waals surface area contributed by atoms with Gasteiger partial charge in [0.25, 0.3) is 0 Å². The lowest BCUT2D eigenvalue weighted by Crippen LogP contribution is -2.34. The number of Topliss-reactive ketones (excluding diaryl/α,β-unsaturated/α-hetero) is 1. The fourth-order valence-corrected chi connectivity index (χ4v) is 3.62. The van der Waals surface area contributed by atoms with E-state index in [1.165, 1.54) is 0 Å². The van der Waals surface area contributed by atoms with Gasteiger partial charge in [-0.2, -0.15) is 0 Å². The van der Waals surface area contributed by atoms with Gasteiger partial charge >= 0.3 is 5.97 Å². The van der Waals surface area contributed by atoms with Crippen molar-refractivity contribution in [1.82, 2.24) is 5.32 Å². The number of unbranched alkanes of at least 4 members (excludes halogenated alkanes) is 1. The summed E-state index contributed by atoms with van der Waals surface area (Å²) in [7, 11) is 0. The van der Waals surface area contributed by atoms with Gasteiger partial charge in [0.05, 0.1) is 12.2 Å². The van der Waals surface area contributed by atoms with Crippen molar-refractivity contribution in [3.8, 4) is 0 Å². The predicted octanol–water partition coefficient (Wildman–Crippen LogP) is 4.00. The third-order valence-corrected chi connectivity index (χ3v) is 4.86. The Morgan fingerprint density at radius 2 is 2.00 bits per heavy atom. The zero-order valence-corrected chi connectivity index (χ0v) is 14.9. The minimum Gasteiger partial charge on any atom is -0.462 e. The lowest BCUT2D eigenvalue weighted by atomic mass is 9.75. The summed E-state index contributed by atoms with van der Waals surface area (Å²) >= 11 is 0. The quantitative estimate of drug-likeness (QED) is 0.651. The Balaban J connectivity index is 2.02. The first kappa shape index (κ1) is 17.5. The Morgan fingerprint density at radius 3 is 2.72 bits per heavy atom. The third kappa shape index (κ3) is 3.53. The van der Waals surface area contributed by atoms with Gasteiger partial charge < -0.3 is 10.1 Å². The van der Waals surface area contributed by atoms with E-state index in [0.717, 1.165) is 48.2 Å². The topological polar surface area (TPSA) is 55.4 Å². The van der Waals surface area contributed by atoms with E-state index in [-0.39, 0.29) is 17.7 Å². The number of carbonyl (C=O) groups excluding carboxylic acids is 2. The van der Waals surface area contributed by atoms with Crippen LogP contribution in [0.3, 0.4) is 0 Å². The molecule has 0 bridgehead atoms. The highest BCUT2D eigenvalue weighted by Crippen LogP contribution is 2.42. The number of benzene rings is 1. The third-order valence-electron chi connectivity index (χ3n) is 4.86. The summed E-state index contributed by atoms with van der Waals surface area (Å²) < 4.78 is 5.49. The highest BCUT2D eigenvalue weighted by atomic mass is 16.5. The molecule has 1 aromatic rings. The molecule has 2 aliphatic rings. The number of hydrogen-bond donors (Lipinski definition) is 1. The van der Waals surface area contributed by atoms with Crippen molar-refractivity contribution in [2.45, 2.75) is 51.9 Å². The number of ether oxygens (including phenoxy) is 1. The molecule has 1 heterocycles. The van der Waals surface area contributed by atoms with Crippen molar-refractivity contribution in [3.63, 3.8) is 0 Å². The molecule has 1 aliphatic carbocycles. The average molecular weight is 339 g/mol. The Morgan fingerprint density at radius 1 is 1.24 bits per heavy atom. The van der Waals surface area contributed by atoms with Crippen LogP contribution in [-0.2, 0) is 14.3 Å². The highest BCUT2D eigenvalue weighted by molar-refractivity contribution is 6.03. The molecule has 1 N–H and O–H groups in total. The van der Waals surface area contributed by atoms with Crippen molar-refractivity contribution < 1.29 is 14.3 Å². The van der Waals surface area contributed by atoms with Gasteiger partial charge in [-0.3, -0.25) is 4.79 Å². The van der Waals surface area contributed by atoms with Crippen LogP contribution < -0.4 is 5.32 Å². The smallest absolute Gasteiger partial charge is 0.336 e. The molecule has 0 aromatic heterocycles. The van der Waals surface area contributed by atoms with Crippen LogP contribution in [0.1, 0.15) is 57.4 Å². The lowest BCUT2D eigenvalue weighted by molar-refractivity contribution is -0.139. The molecule has 0 amide bonds. The van der Waals surface area contributed by atoms with E-state index < -0.39 is 0 Å². The van der Waals surface area contributed by atoms with E-state index in [9.17, 15) is 9.59 Å². The molecule has 0 fully saturated rings. The fourth-order valence-electron chi connectivity index (χ4n) is 3.62. The Kier molecular flexibility index (Phi) is 5.37. The second-order valence-electron chi connectivity index (χ2n) is 6.67. The normalized spacial score (nSPS) is 20.2. The van der Waals surface area contributed by atoms with Crippen LogP contribution in [0.15, 0.2) is 52.9 Å². The molecule has 132 valence electrons. The van der Waals surface area contributed by atoms with Crippen molar-refractivity contribution >= 4 is 11.8 Å². The van der Waals surface area contributed by atoms with E-state index >= 15 is 0 Å². The number of ketones is 1. The van der Waals surface area contributed by atoms with Crippen LogP contribution in [0.25, 0.3) is 0 Å². The summed E-state index contributed by atoms with van der Waals surface area (Å²) in [6.45, 7) is 4.37. The van der Waals surface area contributed by atoms with E-state index in [4.69, 9.17) is 4.74 Å². The van der Waals surface area contributed by atoms with Crippen LogP contribution in [0.4, 0.5) is 0 Å². The lowest BCUT2D eigenvalue weighted by Gasteiger charge is -2.34.